The number of aryl methyl sites for hydroxylation is 2. The van der Waals surface area contributed by atoms with Crippen molar-refractivity contribution in [2.24, 2.45) is 0 Å². The number of halogens is 3. The molecule has 0 bridgehead atoms. The summed E-state index contributed by atoms with van der Waals surface area (Å²) in [5.41, 5.74) is 2.78. The largest absolute Gasteiger partial charge is 0.434 e. The van der Waals surface area contributed by atoms with Crippen LogP contribution in [0.5, 0.6) is 5.75 Å². The molecule has 0 aliphatic heterocycles. The molecular formula is C27H29F3O. The van der Waals surface area contributed by atoms with Gasteiger partial charge in [-0.2, -0.15) is 8.78 Å². The van der Waals surface area contributed by atoms with E-state index in [0.717, 1.165) is 49.7 Å². The Bertz CT molecular complexity index is 1020. The first-order chi connectivity index (χ1) is 15.0. The highest BCUT2D eigenvalue weighted by Gasteiger charge is 2.19. The minimum atomic E-state index is -3.02. The summed E-state index contributed by atoms with van der Waals surface area (Å²) in [5, 5.41) is 0.988. The molecule has 3 aromatic rings. The van der Waals surface area contributed by atoms with Gasteiger partial charge >= 0.3 is 6.61 Å². The van der Waals surface area contributed by atoms with E-state index in [2.05, 4.69) is 13.0 Å². The lowest BCUT2D eigenvalue weighted by Gasteiger charge is -2.15. The third kappa shape index (κ3) is 5.90. The van der Waals surface area contributed by atoms with Crippen LogP contribution in [0.25, 0.3) is 21.9 Å². The third-order valence-electron chi connectivity index (χ3n) is 5.47. The van der Waals surface area contributed by atoms with Crippen LogP contribution in [0.15, 0.2) is 60.7 Å². The Morgan fingerprint density at radius 2 is 1.68 bits per heavy atom. The molecule has 3 rings (SSSR count). The first-order valence-corrected chi connectivity index (χ1v) is 10.9. The number of hydrogen-bond acceptors (Lipinski definition) is 1. The summed E-state index contributed by atoms with van der Waals surface area (Å²) in [6.45, 7) is 1.09. The van der Waals surface area contributed by atoms with E-state index in [0.29, 0.717) is 16.3 Å². The van der Waals surface area contributed by atoms with Crippen LogP contribution in [0.3, 0.4) is 0 Å². The molecule has 0 heterocycles. The summed E-state index contributed by atoms with van der Waals surface area (Å²) >= 11 is 0. The van der Waals surface area contributed by atoms with Crippen molar-refractivity contribution < 1.29 is 17.9 Å². The number of ether oxygens (including phenoxy) is 1. The highest BCUT2D eigenvalue weighted by molar-refractivity contribution is 5.92. The highest BCUT2D eigenvalue weighted by Crippen LogP contribution is 2.39. The summed E-state index contributed by atoms with van der Waals surface area (Å²) in [7, 11) is 0. The topological polar surface area (TPSA) is 9.23 Å². The Morgan fingerprint density at radius 3 is 2.35 bits per heavy atom. The van der Waals surface area contributed by atoms with Gasteiger partial charge in [0.15, 0.2) is 0 Å². The van der Waals surface area contributed by atoms with Gasteiger partial charge in [-0.05, 0) is 60.7 Å². The molecule has 0 aliphatic carbocycles. The average molecular weight is 427 g/mol. The second-order valence-corrected chi connectivity index (χ2v) is 7.76. The minimum Gasteiger partial charge on any atom is -0.434 e. The molecule has 1 nitrogen and oxygen atoms in total. The van der Waals surface area contributed by atoms with Crippen molar-refractivity contribution in [1.82, 2.24) is 0 Å². The standard InChI is InChI=1S/C27H29F3O/c1-3-5-7-9-19-11-14-21(15-12-19)25-24(31-27(29)30)18-22-17-20(10-8-6-4-2)13-16-23(22)26(25)28/h3,5,11-18,27H,4,6-10H2,1-2H3/b5-3+. The zero-order valence-electron chi connectivity index (χ0n) is 18.1. The van der Waals surface area contributed by atoms with Crippen LogP contribution in [0.1, 0.15) is 50.7 Å². The molecule has 0 radical (unpaired) electrons. The Morgan fingerprint density at radius 1 is 0.935 bits per heavy atom. The van der Waals surface area contributed by atoms with Gasteiger partial charge in [0, 0.05) is 5.39 Å². The molecule has 0 spiro atoms. The van der Waals surface area contributed by atoms with Gasteiger partial charge in [0.1, 0.15) is 11.6 Å². The molecular weight excluding hydrogens is 397 g/mol. The maximum absolute atomic E-state index is 15.5. The fourth-order valence-corrected chi connectivity index (χ4v) is 3.84. The summed E-state index contributed by atoms with van der Waals surface area (Å²) in [4.78, 5) is 0. The Kier molecular flexibility index (Phi) is 8.16. The molecule has 4 heteroatoms. The number of allylic oxidation sites excluding steroid dienone is 2. The van der Waals surface area contributed by atoms with Crippen molar-refractivity contribution in [3.63, 3.8) is 0 Å². The molecule has 0 unspecified atom stereocenters. The van der Waals surface area contributed by atoms with Gasteiger partial charge in [0.05, 0.1) is 5.56 Å². The van der Waals surface area contributed by atoms with E-state index in [4.69, 9.17) is 4.74 Å². The van der Waals surface area contributed by atoms with Gasteiger partial charge in [-0.1, -0.05) is 74.4 Å². The Hall–Kier alpha value is -2.75. The maximum atomic E-state index is 15.5. The molecule has 0 N–H and O–H groups in total. The Balaban J connectivity index is 2.00. The molecule has 0 aliphatic rings. The number of unbranched alkanes of at least 4 members (excludes halogenated alkanes) is 2. The van der Waals surface area contributed by atoms with E-state index in [9.17, 15) is 8.78 Å². The van der Waals surface area contributed by atoms with Crippen LogP contribution in [0.4, 0.5) is 13.2 Å². The van der Waals surface area contributed by atoms with E-state index in [-0.39, 0.29) is 11.3 Å². The van der Waals surface area contributed by atoms with Gasteiger partial charge in [0.2, 0.25) is 0 Å². The summed E-state index contributed by atoms with van der Waals surface area (Å²) in [6, 6.07) is 14.4. The predicted octanol–water partition coefficient (Wildman–Crippen LogP) is 8.49. The molecule has 0 saturated heterocycles. The monoisotopic (exact) mass is 426 g/mol. The second kappa shape index (κ2) is 11.0. The van der Waals surface area contributed by atoms with Gasteiger partial charge < -0.3 is 4.74 Å². The third-order valence-corrected chi connectivity index (χ3v) is 5.47. The maximum Gasteiger partial charge on any atom is 0.387 e. The molecule has 3 aromatic carbocycles. The van der Waals surface area contributed by atoms with Crippen molar-refractivity contribution in [2.45, 2.75) is 59.0 Å². The van der Waals surface area contributed by atoms with E-state index in [1.54, 1.807) is 18.2 Å². The zero-order valence-corrected chi connectivity index (χ0v) is 18.1. The number of rotatable bonds is 10. The minimum absolute atomic E-state index is 0.0755. The van der Waals surface area contributed by atoms with Crippen LogP contribution < -0.4 is 4.74 Å². The van der Waals surface area contributed by atoms with Gasteiger partial charge in [-0.3, -0.25) is 0 Å². The van der Waals surface area contributed by atoms with Crippen LogP contribution in [-0.2, 0) is 12.8 Å². The van der Waals surface area contributed by atoms with Crippen LogP contribution in [-0.4, -0.2) is 6.61 Å². The number of hydrogen-bond donors (Lipinski definition) is 0. The molecule has 164 valence electrons. The zero-order chi connectivity index (χ0) is 22.2. The van der Waals surface area contributed by atoms with E-state index >= 15 is 4.39 Å². The Labute approximate surface area is 182 Å². The highest BCUT2D eigenvalue weighted by atomic mass is 19.3. The summed E-state index contributed by atoms with van der Waals surface area (Å²) in [5.74, 6) is -0.665. The normalized spacial score (nSPS) is 11.7. The summed E-state index contributed by atoms with van der Waals surface area (Å²) < 4.78 is 46.5. The van der Waals surface area contributed by atoms with Crippen LogP contribution in [0, 0.1) is 5.82 Å². The molecule has 0 saturated carbocycles. The molecule has 0 fully saturated rings. The first kappa shape index (κ1) is 22.9. The first-order valence-electron chi connectivity index (χ1n) is 10.9. The van der Waals surface area contributed by atoms with Crippen molar-refractivity contribution in [3.05, 3.63) is 77.6 Å². The molecule has 0 atom stereocenters. The van der Waals surface area contributed by atoms with Crippen molar-refractivity contribution in [1.29, 1.82) is 0 Å². The quantitative estimate of drug-likeness (QED) is 0.233. The van der Waals surface area contributed by atoms with E-state index < -0.39 is 12.4 Å². The van der Waals surface area contributed by atoms with Crippen LogP contribution >= 0.6 is 0 Å². The molecule has 31 heavy (non-hydrogen) atoms. The second-order valence-electron chi connectivity index (χ2n) is 7.76. The van der Waals surface area contributed by atoms with Crippen molar-refractivity contribution >= 4 is 10.8 Å². The van der Waals surface area contributed by atoms with Crippen molar-refractivity contribution in [3.8, 4) is 16.9 Å². The van der Waals surface area contributed by atoms with Crippen molar-refractivity contribution in [2.75, 3.05) is 0 Å². The fraction of sp³-hybridized carbons (Fsp3) is 0.333. The fourth-order valence-electron chi connectivity index (χ4n) is 3.84. The number of alkyl halides is 2. The van der Waals surface area contributed by atoms with Gasteiger partial charge in [-0.15, -0.1) is 0 Å². The van der Waals surface area contributed by atoms with Gasteiger partial charge in [0.25, 0.3) is 0 Å². The lowest BCUT2D eigenvalue weighted by molar-refractivity contribution is -0.0494. The smallest absolute Gasteiger partial charge is 0.387 e. The number of benzene rings is 3. The van der Waals surface area contributed by atoms with Crippen LogP contribution in [0.2, 0.25) is 0 Å². The van der Waals surface area contributed by atoms with E-state index in [1.165, 1.54) is 6.07 Å². The lowest BCUT2D eigenvalue weighted by Crippen LogP contribution is -2.05. The SMILES string of the molecule is C/C=C/CCc1ccc(-c2c(OC(F)F)cc3cc(CCCCC)ccc3c2F)cc1. The average Bonchev–Trinajstić information content (AvgIpc) is 2.74. The summed E-state index contributed by atoms with van der Waals surface area (Å²) in [6.07, 6.45) is 10.0. The lowest BCUT2D eigenvalue weighted by atomic mass is 9.95. The molecule has 0 aromatic heterocycles. The van der Waals surface area contributed by atoms with E-state index in [1.807, 2.05) is 37.3 Å². The molecule has 0 amide bonds. The number of fused-ring (bicyclic) bond motifs is 1. The van der Waals surface area contributed by atoms with Gasteiger partial charge in [-0.25, -0.2) is 4.39 Å². The predicted molar refractivity (Wildman–Crippen MR) is 122 cm³/mol.